The molecule has 5 rings (SSSR count). The third kappa shape index (κ3) is 7.10. The van der Waals surface area contributed by atoms with Crippen LogP contribution in [0.15, 0.2) is 23.0 Å². The number of nitrogens with one attached hydrogen (secondary N) is 2. The Bertz CT molecular complexity index is 1270. The lowest BCUT2D eigenvalue weighted by Crippen LogP contribution is -2.45. The highest BCUT2D eigenvalue weighted by molar-refractivity contribution is 5.96. The van der Waals surface area contributed by atoms with E-state index in [2.05, 4.69) is 15.2 Å². The number of halogens is 1. The Hall–Kier alpha value is -2.95. The molecule has 9 nitrogen and oxygen atoms in total. The first-order chi connectivity index (χ1) is 19.8. The average Bonchev–Trinajstić information content (AvgIpc) is 2.94. The zero-order valence-corrected chi connectivity index (χ0v) is 24.5. The highest BCUT2D eigenvalue weighted by Crippen LogP contribution is 2.36. The van der Waals surface area contributed by atoms with Gasteiger partial charge in [-0.2, -0.15) is 0 Å². The quantitative estimate of drug-likeness (QED) is 0.451. The van der Waals surface area contributed by atoms with Crippen molar-refractivity contribution in [1.29, 1.82) is 0 Å². The number of H-pyrrole nitrogens is 1. The standard InChI is InChI=1S/C31H43FN4O5/c1-4-36(23-5-9-39-10-6-23)28-17-25(41-24-14-22(15-24)19-35-7-11-40-12-8-35)16-26(29(28)32)30(37)33-18-27-20(2)13-21(3)34-31(27)38/h13,16-17,22-24H,4-12,14-15,18-19H2,1-3H3,(H,33,37)(H,34,38)/t22-,24-. The van der Waals surface area contributed by atoms with Gasteiger partial charge in [-0.3, -0.25) is 14.5 Å². The first-order valence-electron chi connectivity index (χ1n) is 14.9. The summed E-state index contributed by atoms with van der Waals surface area (Å²) >= 11 is 0. The molecule has 0 atom stereocenters. The molecule has 2 saturated heterocycles. The molecule has 10 heteroatoms. The maximum Gasteiger partial charge on any atom is 0.254 e. The summed E-state index contributed by atoms with van der Waals surface area (Å²) in [6.45, 7) is 12.0. The van der Waals surface area contributed by atoms with E-state index in [0.29, 0.717) is 42.7 Å². The van der Waals surface area contributed by atoms with Crippen molar-refractivity contribution in [3.05, 3.63) is 56.8 Å². The van der Waals surface area contributed by atoms with Crippen molar-refractivity contribution in [3.8, 4) is 5.75 Å². The molecule has 0 spiro atoms. The largest absolute Gasteiger partial charge is 0.490 e. The van der Waals surface area contributed by atoms with E-state index < -0.39 is 11.7 Å². The van der Waals surface area contributed by atoms with E-state index in [1.807, 2.05) is 31.7 Å². The number of rotatable bonds is 10. The van der Waals surface area contributed by atoms with Crippen molar-refractivity contribution in [2.75, 3.05) is 57.5 Å². The number of carbonyl (C=O) groups excluding carboxylic acids is 1. The van der Waals surface area contributed by atoms with E-state index in [9.17, 15) is 9.59 Å². The van der Waals surface area contributed by atoms with E-state index in [4.69, 9.17) is 14.2 Å². The summed E-state index contributed by atoms with van der Waals surface area (Å²) in [4.78, 5) is 33.1. The molecule has 224 valence electrons. The lowest BCUT2D eigenvalue weighted by atomic mass is 9.81. The molecule has 2 N–H and O–H groups in total. The first kappa shape index (κ1) is 29.5. The molecule has 3 fully saturated rings. The molecular formula is C31H43FN4O5. The van der Waals surface area contributed by atoms with Gasteiger partial charge in [-0.05, 0) is 70.1 Å². The van der Waals surface area contributed by atoms with E-state index in [-0.39, 0.29) is 29.8 Å². The highest BCUT2D eigenvalue weighted by Gasteiger charge is 2.34. The second-order valence-corrected chi connectivity index (χ2v) is 11.5. The summed E-state index contributed by atoms with van der Waals surface area (Å²) in [5.74, 6) is -0.0887. The molecule has 0 radical (unpaired) electrons. The van der Waals surface area contributed by atoms with Crippen LogP contribution in [0.2, 0.25) is 0 Å². The number of benzene rings is 1. The number of amides is 1. The molecule has 1 saturated carbocycles. The number of morpholine rings is 1. The number of ether oxygens (including phenoxy) is 3. The summed E-state index contributed by atoms with van der Waals surface area (Å²) in [6, 6.07) is 5.22. The molecule has 3 aliphatic rings. The Balaban J connectivity index is 1.34. The Kier molecular flexibility index (Phi) is 9.62. The Morgan fingerprint density at radius 2 is 1.83 bits per heavy atom. The molecule has 0 bridgehead atoms. The third-order valence-corrected chi connectivity index (χ3v) is 8.59. The fourth-order valence-electron chi connectivity index (χ4n) is 6.27. The number of carbonyl (C=O) groups is 1. The predicted octanol–water partition coefficient (Wildman–Crippen LogP) is 3.56. The highest BCUT2D eigenvalue weighted by atomic mass is 19.1. The second-order valence-electron chi connectivity index (χ2n) is 11.5. The van der Waals surface area contributed by atoms with Gasteiger partial charge in [-0.15, -0.1) is 0 Å². The number of nitrogens with zero attached hydrogens (tertiary/aromatic N) is 2. The molecule has 1 amide bonds. The normalized spacial score (nSPS) is 21.8. The zero-order valence-electron chi connectivity index (χ0n) is 24.5. The summed E-state index contributed by atoms with van der Waals surface area (Å²) in [5, 5.41) is 2.77. The van der Waals surface area contributed by atoms with Crippen LogP contribution in [0, 0.1) is 25.6 Å². The van der Waals surface area contributed by atoms with Gasteiger partial charge in [-0.1, -0.05) is 0 Å². The SMILES string of the molecule is CCN(c1cc(O[C@H]2C[C@H](CN3CCOCC3)C2)cc(C(=O)NCc2c(C)cc(C)[nH]c2=O)c1F)C1CCOCC1. The lowest BCUT2D eigenvalue weighted by Gasteiger charge is -2.40. The summed E-state index contributed by atoms with van der Waals surface area (Å²) in [5.41, 5.74) is 2.02. The maximum atomic E-state index is 16.1. The van der Waals surface area contributed by atoms with Gasteiger partial charge in [0.15, 0.2) is 5.82 Å². The van der Waals surface area contributed by atoms with Gasteiger partial charge in [-0.25, -0.2) is 4.39 Å². The molecule has 41 heavy (non-hydrogen) atoms. The fraction of sp³-hybridized carbons (Fsp3) is 0.613. The minimum Gasteiger partial charge on any atom is -0.490 e. The van der Waals surface area contributed by atoms with E-state index in [1.54, 1.807) is 6.07 Å². The number of aromatic amines is 1. The lowest BCUT2D eigenvalue weighted by molar-refractivity contribution is 0.000103. The molecule has 1 aromatic carbocycles. The van der Waals surface area contributed by atoms with Crippen LogP contribution in [0.5, 0.6) is 5.75 Å². The number of hydrogen-bond acceptors (Lipinski definition) is 7. The van der Waals surface area contributed by atoms with Crippen LogP contribution < -0.4 is 20.5 Å². The summed E-state index contributed by atoms with van der Waals surface area (Å²) in [7, 11) is 0. The van der Waals surface area contributed by atoms with Crippen LogP contribution >= 0.6 is 0 Å². The van der Waals surface area contributed by atoms with Crippen molar-refractivity contribution in [3.63, 3.8) is 0 Å². The zero-order chi connectivity index (χ0) is 28.9. The number of aromatic nitrogens is 1. The molecule has 3 heterocycles. The van der Waals surface area contributed by atoms with Crippen LogP contribution in [0.25, 0.3) is 0 Å². The number of hydrogen-bond donors (Lipinski definition) is 2. The van der Waals surface area contributed by atoms with Gasteiger partial charge in [0, 0.05) is 69.3 Å². The van der Waals surface area contributed by atoms with Gasteiger partial charge in [0.25, 0.3) is 11.5 Å². The predicted molar refractivity (Wildman–Crippen MR) is 155 cm³/mol. The van der Waals surface area contributed by atoms with Crippen molar-refractivity contribution in [2.45, 2.75) is 65.1 Å². The molecule has 0 unspecified atom stereocenters. The minimum atomic E-state index is -0.574. The maximum absolute atomic E-state index is 16.1. The van der Waals surface area contributed by atoms with Crippen molar-refractivity contribution in [1.82, 2.24) is 15.2 Å². The van der Waals surface area contributed by atoms with Gasteiger partial charge >= 0.3 is 0 Å². The van der Waals surface area contributed by atoms with Gasteiger partial charge < -0.3 is 29.4 Å². The Morgan fingerprint density at radius 3 is 2.51 bits per heavy atom. The summed E-state index contributed by atoms with van der Waals surface area (Å²) in [6.07, 6.45) is 3.47. The number of pyridine rings is 1. The van der Waals surface area contributed by atoms with Crippen molar-refractivity contribution >= 4 is 11.6 Å². The average molecular weight is 571 g/mol. The number of aryl methyl sites for hydroxylation is 2. The molecule has 2 aliphatic heterocycles. The topological polar surface area (TPSA) is 96.1 Å². The fourth-order valence-corrected chi connectivity index (χ4v) is 6.27. The first-order valence-corrected chi connectivity index (χ1v) is 14.9. The third-order valence-electron chi connectivity index (χ3n) is 8.59. The Morgan fingerprint density at radius 1 is 1.12 bits per heavy atom. The Labute approximate surface area is 241 Å². The van der Waals surface area contributed by atoms with E-state index >= 15 is 4.39 Å². The second kappa shape index (κ2) is 13.4. The van der Waals surface area contributed by atoms with Crippen LogP contribution in [-0.4, -0.2) is 80.5 Å². The van der Waals surface area contributed by atoms with Crippen LogP contribution in [-0.2, 0) is 16.0 Å². The van der Waals surface area contributed by atoms with Crippen LogP contribution in [0.4, 0.5) is 10.1 Å². The smallest absolute Gasteiger partial charge is 0.254 e. The molecular weight excluding hydrogens is 527 g/mol. The van der Waals surface area contributed by atoms with Gasteiger partial charge in [0.1, 0.15) is 5.75 Å². The number of anilines is 1. The minimum absolute atomic E-state index is 0.00341. The summed E-state index contributed by atoms with van der Waals surface area (Å²) < 4.78 is 33.5. The van der Waals surface area contributed by atoms with E-state index in [1.165, 1.54) is 6.07 Å². The monoisotopic (exact) mass is 570 g/mol. The molecule has 1 aromatic heterocycles. The molecule has 2 aromatic rings. The van der Waals surface area contributed by atoms with Crippen molar-refractivity contribution in [2.24, 2.45) is 5.92 Å². The van der Waals surface area contributed by atoms with Gasteiger partial charge in [0.05, 0.1) is 30.6 Å². The van der Waals surface area contributed by atoms with Crippen molar-refractivity contribution < 1.29 is 23.4 Å². The van der Waals surface area contributed by atoms with E-state index in [0.717, 1.165) is 69.8 Å². The van der Waals surface area contributed by atoms with Crippen LogP contribution in [0.1, 0.15) is 59.8 Å². The molecule has 1 aliphatic carbocycles. The van der Waals surface area contributed by atoms with Crippen LogP contribution in [0.3, 0.4) is 0 Å². The van der Waals surface area contributed by atoms with Gasteiger partial charge in [0.2, 0.25) is 0 Å².